The Hall–Kier alpha value is -1.07. The molecule has 0 saturated carbocycles. The number of carbonyl (C=O) groups is 1. The summed E-state index contributed by atoms with van der Waals surface area (Å²) in [4.78, 5) is 11.8. The first-order chi connectivity index (χ1) is 8.25. The summed E-state index contributed by atoms with van der Waals surface area (Å²) in [5.41, 5.74) is 0. The fraction of sp³-hybridized carbons (Fsp3) is 0.417. The molecule has 18 heavy (non-hydrogen) atoms. The molecule has 0 fully saturated rings. The maximum Gasteiger partial charge on any atom is 0.238 e. The predicted octanol–water partition coefficient (Wildman–Crippen LogP) is 2.03. The largest absolute Gasteiger partial charge is 0.353 e. The standard InChI is InChI=1S/C12H16ClNO3S/c1-8(2)14-12(15)9(3)18(16,17)11-6-4-5-10(13)7-11/h4-9H,1-3H3,(H,14,15). The van der Waals surface area contributed by atoms with Gasteiger partial charge in [-0.15, -0.1) is 0 Å². The molecule has 6 heteroatoms. The molecule has 100 valence electrons. The van der Waals surface area contributed by atoms with Gasteiger partial charge in [-0.1, -0.05) is 17.7 Å². The van der Waals surface area contributed by atoms with E-state index in [1.807, 2.05) is 0 Å². The second-order valence-electron chi connectivity index (χ2n) is 4.31. The van der Waals surface area contributed by atoms with Crippen LogP contribution in [0.4, 0.5) is 0 Å². The SMILES string of the molecule is CC(C)NC(=O)C(C)S(=O)(=O)c1cccc(Cl)c1. The molecule has 0 saturated heterocycles. The van der Waals surface area contributed by atoms with Gasteiger partial charge in [-0.2, -0.15) is 0 Å². The normalized spacial score (nSPS) is 13.4. The van der Waals surface area contributed by atoms with Crippen molar-refractivity contribution in [2.75, 3.05) is 0 Å². The molecule has 0 heterocycles. The zero-order valence-corrected chi connectivity index (χ0v) is 12.0. The molecule has 0 spiro atoms. The van der Waals surface area contributed by atoms with E-state index in [0.717, 1.165) is 0 Å². The maximum atomic E-state index is 12.2. The highest BCUT2D eigenvalue weighted by Gasteiger charge is 2.30. The second kappa shape index (κ2) is 5.71. The Labute approximate surface area is 112 Å². The maximum absolute atomic E-state index is 12.2. The van der Waals surface area contributed by atoms with E-state index >= 15 is 0 Å². The molecule has 0 aliphatic rings. The van der Waals surface area contributed by atoms with Crippen molar-refractivity contribution in [2.45, 2.75) is 37.0 Å². The molecule has 0 bridgehead atoms. The van der Waals surface area contributed by atoms with Crippen molar-refractivity contribution < 1.29 is 13.2 Å². The van der Waals surface area contributed by atoms with Crippen LogP contribution in [0.1, 0.15) is 20.8 Å². The van der Waals surface area contributed by atoms with E-state index in [4.69, 9.17) is 11.6 Å². The quantitative estimate of drug-likeness (QED) is 0.922. The molecule has 1 rings (SSSR count). The number of amides is 1. The average molecular weight is 290 g/mol. The van der Waals surface area contributed by atoms with Crippen molar-refractivity contribution in [3.8, 4) is 0 Å². The van der Waals surface area contributed by atoms with Gasteiger partial charge in [0, 0.05) is 11.1 Å². The van der Waals surface area contributed by atoms with Gasteiger partial charge in [0.1, 0.15) is 5.25 Å². The number of hydrogen-bond donors (Lipinski definition) is 1. The Balaban J connectivity index is 3.04. The van der Waals surface area contributed by atoms with Gasteiger partial charge in [-0.05, 0) is 39.0 Å². The van der Waals surface area contributed by atoms with Gasteiger partial charge in [-0.25, -0.2) is 8.42 Å². The highest BCUT2D eigenvalue weighted by atomic mass is 35.5. The van der Waals surface area contributed by atoms with Crippen molar-refractivity contribution in [3.05, 3.63) is 29.3 Å². The summed E-state index contributed by atoms with van der Waals surface area (Å²) in [6.07, 6.45) is 0. The minimum absolute atomic E-state index is 0.0569. The lowest BCUT2D eigenvalue weighted by atomic mass is 10.3. The summed E-state index contributed by atoms with van der Waals surface area (Å²) in [5, 5.41) is 1.77. The van der Waals surface area contributed by atoms with Crippen LogP contribution in [0, 0.1) is 0 Å². The number of rotatable bonds is 4. The van der Waals surface area contributed by atoms with Crippen LogP contribution in [0.25, 0.3) is 0 Å². The third-order valence-corrected chi connectivity index (χ3v) is 4.68. The zero-order valence-electron chi connectivity index (χ0n) is 10.5. The van der Waals surface area contributed by atoms with Gasteiger partial charge in [0.15, 0.2) is 9.84 Å². The van der Waals surface area contributed by atoms with E-state index in [1.165, 1.54) is 19.1 Å². The molecular formula is C12H16ClNO3S. The van der Waals surface area contributed by atoms with E-state index in [2.05, 4.69) is 5.32 Å². The summed E-state index contributed by atoms with van der Waals surface area (Å²) in [7, 11) is -3.70. The minimum atomic E-state index is -3.70. The van der Waals surface area contributed by atoms with Crippen LogP contribution in [0.3, 0.4) is 0 Å². The Morgan fingerprint density at radius 2 is 1.89 bits per heavy atom. The third-order valence-electron chi connectivity index (χ3n) is 2.39. The van der Waals surface area contributed by atoms with Crippen molar-refractivity contribution in [1.29, 1.82) is 0 Å². The van der Waals surface area contributed by atoms with Crippen molar-refractivity contribution in [3.63, 3.8) is 0 Å². The van der Waals surface area contributed by atoms with E-state index in [9.17, 15) is 13.2 Å². The first-order valence-corrected chi connectivity index (χ1v) is 7.47. The van der Waals surface area contributed by atoms with Crippen LogP contribution in [-0.2, 0) is 14.6 Å². The Morgan fingerprint density at radius 1 is 1.28 bits per heavy atom. The van der Waals surface area contributed by atoms with E-state index < -0.39 is 21.0 Å². The van der Waals surface area contributed by atoms with E-state index in [-0.39, 0.29) is 10.9 Å². The average Bonchev–Trinajstić information content (AvgIpc) is 2.27. The lowest BCUT2D eigenvalue weighted by molar-refractivity contribution is -0.120. The number of sulfone groups is 1. The first-order valence-electron chi connectivity index (χ1n) is 5.55. The number of benzene rings is 1. The van der Waals surface area contributed by atoms with E-state index in [1.54, 1.807) is 26.0 Å². The molecule has 1 N–H and O–H groups in total. The highest BCUT2D eigenvalue weighted by molar-refractivity contribution is 7.92. The van der Waals surface area contributed by atoms with Crippen LogP contribution in [-0.4, -0.2) is 25.6 Å². The molecule has 1 amide bonds. The number of nitrogens with one attached hydrogen (secondary N) is 1. The van der Waals surface area contributed by atoms with Crippen LogP contribution >= 0.6 is 11.6 Å². The van der Waals surface area contributed by atoms with Crippen LogP contribution < -0.4 is 5.32 Å². The molecule has 1 aromatic rings. The molecule has 0 radical (unpaired) electrons. The summed E-state index contributed by atoms with van der Waals surface area (Å²) in [6.45, 7) is 4.92. The summed E-state index contributed by atoms with van der Waals surface area (Å²) >= 11 is 5.75. The fourth-order valence-electron chi connectivity index (χ4n) is 1.39. The summed E-state index contributed by atoms with van der Waals surface area (Å²) in [5.74, 6) is -0.509. The number of halogens is 1. The van der Waals surface area contributed by atoms with Gasteiger partial charge in [0.05, 0.1) is 4.90 Å². The van der Waals surface area contributed by atoms with Gasteiger partial charge in [0.25, 0.3) is 0 Å². The van der Waals surface area contributed by atoms with Gasteiger partial charge in [0.2, 0.25) is 5.91 Å². The third kappa shape index (κ3) is 3.46. The van der Waals surface area contributed by atoms with Gasteiger partial charge >= 0.3 is 0 Å². The molecule has 0 aromatic heterocycles. The monoisotopic (exact) mass is 289 g/mol. The first kappa shape index (κ1) is 15.0. The zero-order chi connectivity index (χ0) is 13.9. The molecule has 1 aromatic carbocycles. The summed E-state index contributed by atoms with van der Waals surface area (Å²) in [6, 6.07) is 5.80. The van der Waals surface area contributed by atoms with Crippen molar-refractivity contribution in [2.24, 2.45) is 0 Å². The highest BCUT2D eigenvalue weighted by Crippen LogP contribution is 2.20. The van der Waals surface area contributed by atoms with Crippen LogP contribution in [0.15, 0.2) is 29.2 Å². The Morgan fingerprint density at radius 3 is 2.39 bits per heavy atom. The van der Waals surface area contributed by atoms with Gasteiger partial charge < -0.3 is 5.32 Å². The Kier molecular flexibility index (Phi) is 4.76. The predicted molar refractivity (Wildman–Crippen MR) is 71.4 cm³/mol. The topological polar surface area (TPSA) is 63.2 Å². The molecule has 1 unspecified atom stereocenters. The van der Waals surface area contributed by atoms with Crippen LogP contribution in [0.5, 0.6) is 0 Å². The van der Waals surface area contributed by atoms with Gasteiger partial charge in [-0.3, -0.25) is 4.79 Å². The molecule has 1 atom stereocenters. The minimum Gasteiger partial charge on any atom is -0.353 e. The Bertz CT molecular complexity index is 540. The number of carbonyl (C=O) groups excluding carboxylic acids is 1. The molecular weight excluding hydrogens is 274 g/mol. The number of hydrogen-bond acceptors (Lipinski definition) is 3. The fourth-order valence-corrected chi connectivity index (χ4v) is 2.96. The smallest absolute Gasteiger partial charge is 0.238 e. The van der Waals surface area contributed by atoms with E-state index in [0.29, 0.717) is 5.02 Å². The second-order valence-corrected chi connectivity index (χ2v) is 7.01. The molecule has 0 aliphatic carbocycles. The molecule has 4 nitrogen and oxygen atoms in total. The lowest BCUT2D eigenvalue weighted by Gasteiger charge is -2.15. The summed E-state index contributed by atoms with van der Waals surface area (Å²) < 4.78 is 24.4. The lowest BCUT2D eigenvalue weighted by Crippen LogP contribution is -2.41. The van der Waals surface area contributed by atoms with Crippen molar-refractivity contribution in [1.82, 2.24) is 5.32 Å². The molecule has 0 aliphatic heterocycles. The van der Waals surface area contributed by atoms with Crippen LogP contribution in [0.2, 0.25) is 5.02 Å². The van der Waals surface area contributed by atoms with Crippen molar-refractivity contribution >= 4 is 27.3 Å².